The zero-order valence-corrected chi connectivity index (χ0v) is 15.9. The number of aliphatic hydroxyl groups is 1. The highest BCUT2D eigenvalue weighted by Gasteiger charge is 2.77. The van der Waals surface area contributed by atoms with Crippen molar-refractivity contribution in [1.29, 1.82) is 0 Å². The predicted molar refractivity (Wildman–Crippen MR) is 89.3 cm³/mol. The van der Waals surface area contributed by atoms with Crippen molar-refractivity contribution in [1.82, 2.24) is 0 Å². The molecular weight excluding hydrogens is 461 g/mol. The summed E-state index contributed by atoms with van der Waals surface area (Å²) in [5.41, 5.74) is -4.60. The molecule has 0 aromatic rings. The third-order valence-electron chi connectivity index (χ3n) is 6.84. The third kappa shape index (κ3) is 3.10. The molecule has 0 heterocycles. The Balaban J connectivity index is 2.11. The lowest BCUT2D eigenvalue weighted by molar-refractivity contribution is -0.400. The summed E-state index contributed by atoms with van der Waals surface area (Å²) in [6.45, 7) is 0. The molecule has 0 aromatic heterocycles. The van der Waals surface area contributed by atoms with E-state index in [0.717, 1.165) is 12.8 Å². The molecule has 1 N–H and O–H groups in total. The average Bonchev–Trinajstić information content (AvgIpc) is 2.53. The second kappa shape index (κ2) is 6.71. The highest BCUT2D eigenvalue weighted by molar-refractivity contribution is 14.1. The Kier molecular flexibility index (Phi) is 5.37. The van der Waals surface area contributed by atoms with Crippen molar-refractivity contribution in [3.8, 4) is 0 Å². The molecule has 0 amide bonds. The molecular formula is C17H23F6IO. The number of halogens is 7. The number of alkyl halides is 7. The van der Waals surface area contributed by atoms with Gasteiger partial charge in [-0.3, -0.25) is 0 Å². The minimum atomic E-state index is -5.71. The van der Waals surface area contributed by atoms with Gasteiger partial charge >= 0.3 is 12.4 Å². The molecule has 0 aromatic carbocycles. The van der Waals surface area contributed by atoms with Crippen LogP contribution in [-0.2, 0) is 0 Å². The van der Waals surface area contributed by atoms with E-state index in [9.17, 15) is 31.4 Å². The van der Waals surface area contributed by atoms with Gasteiger partial charge in [-0.15, -0.1) is 0 Å². The maximum atomic E-state index is 13.6. The van der Waals surface area contributed by atoms with Crippen LogP contribution in [0, 0.1) is 29.6 Å². The maximum Gasteiger partial charge on any atom is 0.426 e. The van der Waals surface area contributed by atoms with Gasteiger partial charge in [0.15, 0.2) is 0 Å². The molecule has 8 heteroatoms. The van der Waals surface area contributed by atoms with E-state index in [1.54, 1.807) is 0 Å². The van der Waals surface area contributed by atoms with Crippen LogP contribution in [0.5, 0.6) is 0 Å². The van der Waals surface area contributed by atoms with Crippen molar-refractivity contribution >= 4 is 22.6 Å². The molecule has 0 aliphatic heterocycles. The van der Waals surface area contributed by atoms with Crippen LogP contribution < -0.4 is 0 Å². The molecule has 4 unspecified atom stereocenters. The molecule has 146 valence electrons. The highest BCUT2D eigenvalue weighted by Crippen LogP contribution is 2.63. The van der Waals surface area contributed by atoms with E-state index in [1.165, 1.54) is 0 Å². The fraction of sp³-hybridized carbons (Fsp3) is 1.00. The fourth-order valence-corrected chi connectivity index (χ4v) is 7.64. The van der Waals surface area contributed by atoms with E-state index in [0.29, 0.717) is 38.5 Å². The van der Waals surface area contributed by atoms with Crippen LogP contribution in [-0.4, -0.2) is 27.0 Å². The molecule has 1 nitrogen and oxygen atoms in total. The molecule has 0 spiro atoms. The quantitative estimate of drug-likeness (QED) is 0.280. The second-order valence-corrected chi connectivity index (χ2v) is 9.39. The van der Waals surface area contributed by atoms with Gasteiger partial charge in [0.25, 0.3) is 5.60 Å². The van der Waals surface area contributed by atoms with Crippen molar-refractivity contribution in [3.63, 3.8) is 0 Å². The van der Waals surface area contributed by atoms with E-state index in [2.05, 4.69) is 22.6 Å². The Bertz CT molecular complexity index is 453. The zero-order chi connectivity index (χ0) is 18.6. The average molecular weight is 484 g/mol. The van der Waals surface area contributed by atoms with Crippen LogP contribution in [0.1, 0.15) is 51.4 Å². The summed E-state index contributed by atoms with van der Waals surface area (Å²) in [6, 6.07) is 0. The smallest absolute Gasteiger partial charge is 0.373 e. The van der Waals surface area contributed by atoms with Gasteiger partial charge in [0.05, 0.1) is 0 Å². The van der Waals surface area contributed by atoms with Crippen molar-refractivity contribution in [2.45, 2.75) is 73.2 Å². The molecule has 3 fully saturated rings. The number of rotatable bonds is 1. The van der Waals surface area contributed by atoms with Crippen molar-refractivity contribution in [2.75, 3.05) is 0 Å². The second-order valence-electron chi connectivity index (χ2n) is 7.96. The van der Waals surface area contributed by atoms with Crippen LogP contribution in [0.2, 0.25) is 0 Å². The molecule has 4 atom stereocenters. The topological polar surface area (TPSA) is 20.2 Å². The summed E-state index contributed by atoms with van der Waals surface area (Å²) in [4.78, 5) is 0. The van der Waals surface area contributed by atoms with E-state index in [4.69, 9.17) is 0 Å². The van der Waals surface area contributed by atoms with Gasteiger partial charge in [-0.05, 0) is 49.4 Å². The fourth-order valence-electron chi connectivity index (χ4n) is 5.85. The molecule has 0 bridgehead atoms. The van der Waals surface area contributed by atoms with Crippen molar-refractivity contribution in [3.05, 3.63) is 0 Å². The standard InChI is InChI=1S/C17H23F6IO/c18-16(19,20)15(25,17(21,22)23)13-9-5-1-3-7-11(9)14(24)12-8-4-2-6-10(12)13/h9-14,25H,1-8H2. The minimum Gasteiger partial charge on any atom is -0.373 e. The zero-order valence-electron chi connectivity index (χ0n) is 13.7. The number of hydrogen-bond donors (Lipinski definition) is 1. The van der Waals surface area contributed by atoms with E-state index in [1.807, 2.05) is 0 Å². The summed E-state index contributed by atoms with van der Waals surface area (Å²) >= 11 is 2.26. The maximum absolute atomic E-state index is 13.6. The molecule has 25 heavy (non-hydrogen) atoms. The Morgan fingerprint density at radius 3 is 1.28 bits per heavy atom. The molecule has 3 rings (SSSR count). The molecule has 3 aliphatic rings. The first-order chi connectivity index (χ1) is 11.5. The lowest BCUT2D eigenvalue weighted by atomic mass is 9.51. The monoisotopic (exact) mass is 484 g/mol. The summed E-state index contributed by atoms with van der Waals surface area (Å²) in [5.74, 6) is -3.49. The Labute approximate surface area is 157 Å². The first-order valence-electron chi connectivity index (χ1n) is 9.00. The lowest BCUT2D eigenvalue weighted by Crippen LogP contribution is -2.68. The van der Waals surface area contributed by atoms with E-state index < -0.39 is 35.7 Å². The van der Waals surface area contributed by atoms with Gasteiger partial charge in [0.2, 0.25) is 0 Å². The van der Waals surface area contributed by atoms with Gasteiger partial charge in [0.1, 0.15) is 0 Å². The Hall–Kier alpha value is 0.270. The van der Waals surface area contributed by atoms with Gasteiger partial charge in [-0.2, -0.15) is 26.3 Å². The van der Waals surface area contributed by atoms with E-state index >= 15 is 0 Å². The van der Waals surface area contributed by atoms with Gasteiger partial charge in [-0.25, -0.2) is 0 Å². The number of hydrogen-bond acceptors (Lipinski definition) is 1. The summed E-state index contributed by atoms with van der Waals surface area (Å²) in [7, 11) is 0. The lowest BCUT2D eigenvalue weighted by Gasteiger charge is -2.58. The van der Waals surface area contributed by atoms with Crippen LogP contribution in [0.3, 0.4) is 0 Å². The van der Waals surface area contributed by atoms with Crippen molar-refractivity contribution < 1.29 is 31.4 Å². The van der Waals surface area contributed by atoms with Gasteiger partial charge < -0.3 is 5.11 Å². The van der Waals surface area contributed by atoms with Crippen molar-refractivity contribution in [2.24, 2.45) is 29.6 Å². The molecule has 3 saturated carbocycles. The van der Waals surface area contributed by atoms with Gasteiger partial charge in [0, 0.05) is 9.84 Å². The molecule has 0 saturated heterocycles. The first kappa shape index (κ1) is 20.0. The van der Waals surface area contributed by atoms with Crippen LogP contribution >= 0.6 is 22.6 Å². The SMILES string of the molecule is OC(C1C2CCCCC2C(I)C2CCCCC21)(C(F)(F)F)C(F)(F)F. The molecule has 0 radical (unpaired) electrons. The summed E-state index contributed by atoms with van der Waals surface area (Å²) in [6.07, 6.45) is -6.39. The Morgan fingerprint density at radius 2 is 0.960 bits per heavy atom. The Morgan fingerprint density at radius 1 is 0.640 bits per heavy atom. The van der Waals surface area contributed by atoms with E-state index in [-0.39, 0.29) is 15.8 Å². The predicted octanol–water partition coefficient (Wildman–Crippen LogP) is 5.89. The van der Waals surface area contributed by atoms with Crippen LogP contribution in [0.15, 0.2) is 0 Å². The normalized spacial score (nSPS) is 40.3. The molecule has 3 aliphatic carbocycles. The summed E-state index contributed by atoms with van der Waals surface area (Å²) in [5, 5.41) is 10.2. The minimum absolute atomic E-state index is 0.107. The largest absolute Gasteiger partial charge is 0.426 e. The highest BCUT2D eigenvalue weighted by atomic mass is 127. The first-order valence-corrected chi connectivity index (χ1v) is 10.2. The van der Waals surface area contributed by atoms with Gasteiger partial charge in [-0.1, -0.05) is 48.3 Å². The van der Waals surface area contributed by atoms with Crippen LogP contribution in [0.4, 0.5) is 26.3 Å². The number of fused-ring (bicyclic) bond motifs is 2. The third-order valence-corrected chi connectivity index (χ3v) is 8.68. The summed E-state index contributed by atoms with van der Waals surface area (Å²) < 4.78 is 81.9. The van der Waals surface area contributed by atoms with Crippen LogP contribution in [0.25, 0.3) is 0 Å².